The molecule has 4 rings (SSSR count). The fourth-order valence-corrected chi connectivity index (χ4v) is 7.93. The molecule has 98 valence electrons. The third-order valence-electron chi connectivity index (χ3n) is 4.47. The molecule has 0 nitrogen and oxygen atoms in total. The van der Waals surface area contributed by atoms with Crippen LogP contribution in [0.15, 0.2) is 0 Å². The summed E-state index contributed by atoms with van der Waals surface area (Å²) < 4.78 is 43.5. The van der Waals surface area contributed by atoms with Crippen LogP contribution in [0.5, 0.6) is 0 Å². The van der Waals surface area contributed by atoms with Crippen LogP contribution >= 0.6 is 33.2 Å². The van der Waals surface area contributed by atoms with E-state index in [1.54, 1.807) is 0 Å². The lowest BCUT2D eigenvalue weighted by atomic mass is 9.52. The van der Waals surface area contributed by atoms with Crippen molar-refractivity contribution >= 4 is 39.2 Å². The van der Waals surface area contributed by atoms with Crippen molar-refractivity contribution in [2.45, 2.75) is 60.6 Å². The van der Waals surface area contributed by atoms with Gasteiger partial charge >= 0.3 is 6.00 Å². The van der Waals surface area contributed by atoms with Crippen LogP contribution in [0.2, 0.25) is 5.04 Å². The summed E-state index contributed by atoms with van der Waals surface area (Å²) in [6.45, 7) is 0. The van der Waals surface area contributed by atoms with Gasteiger partial charge in [0.25, 0.3) is 0 Å². The van der Waals surface area contributed by atoms with Gasteiger partial charge in [0.1, 0.15) is 17.0 Å². The fourth-order valence-electron chi connectivity index (χ4n) is 4.57. The number of rotatable bonds is 1. The van der Waals surface area contributed by atoms with Crippen molar-refractivity contribution in [1.82, 2.24) is 0 Å². The molecule has 0 amide bonds. The van der Waals surface area contributed by atoms with Crippen LogP contribution in [-0.2, 0) is 0 Å². The smallest absolute Gasteiger partial charge is 0.244 e. The highest BCUT2D eigenvalue weighted by Gasteiger charge is 2.75. The minimum atomic E-state index is -3.35. The molecule has 4 aliphatic carbocycles. The van der Waals surface area contributed by atoms with Gasteiger partial charge in [0.2, 0.25) is 0 Å². The van der Waals surface area contributed by atoms with Crippen molar-refractivity contribution in [2.24, 2.45) is 0 Å². The van der Waals surface area contributed by atoms with Gasteiger partial charge in [-0.2, -0.15) is 0 Å². The topological polar surface area (TPSA) is 0 Å². The second-order valence-electron chi connectivity index (χ2n) is 6.29. The first-order valence-electron chi connectivity index (χ1n) is 5.63. The van der Waals surface area contributed by atoms with E-state index in [4.69, 9.17) is 33.2 Å². The van der Waals surface area contributed by atoms with Gasteiger partial charge in [-0.15, -0.1) is 33.2 Å². The first-order valence-corrected chi connectivity index (χ1v) is 10.7. The summed E-state index contributed by atoms with van der Waals surface area (Å²) in [5, 5.41) is -1.06. The SMILES string of the molecule is FC12CC3(F)CC(F)(C1)CC([Si](Cl)(Cl)Cl)(C2)C3. The average Bonchev–Trinajstić information content (AvgIpc) is 1.89. The molecule has 0 unspecified atom stereocenters. The summed E-state index contributed by atoms with van der Waals surface area (Å²) in [4.78, 5) is 0. The van der Waals surface area contributed by atoms with Crippen LogP contribution in [0.4, 0.5) is 13.2 Å². The van der Waals surface area contributed by atoms with E-state index in [2.05, 4.69) is 0 Å². The van der Waals surface area contributed by atoms with Crippen molar-refractivity contribution in [3.8, 4) is 0 Å². The summed E-state index contributed by atoms with van der Waals surface area (Å²) in [5.74, 6) is 0. The zero-order chi connectivity index (χ0) is 12.7. The van der Waals surface area contributed by atoms with Gasteiger partial charge in [0.05, 0.1) is 0 Å². The van der Waals surface area contributed by atoms with E-state index in [1.165, 1.54) is 0 Å². The zero-order valence-corrected chi connectivity index (χ0v) is 12.3. The molecule has 7 heteroatoms. The number of halogens is 6. The van der Waals surface area contributed by atoms with Gasteiger partial charge in [-0.25, -0.2) is 13.2 Å². The highest BCUT2D eigenvalue weighted by atomic mass is 35.8. The maximum absolute atomic E-state index is 14.5. The summed E-state index contributed by atoms with van der Waals surface area (Å²) in [6.07, 6.45) is -0.659. The summed E-state index contributed by atoms with van der Waals surface area (Å²) >= 11 is 18.0. The van der Waals surface area contributed by atoms with Crippen molar-refractivity contribution in [3.63, 3.8) is 0 Å². The van der Waals surface area contributed by atoms with Gasteiger partial charge in [0.15, 0.2) is 0 Å². The van der Waals surface area contributed by atoms with Crippen molar-refractivity contribution in [3.05, 3.63) is 0 Å². The van der Waals surface area contributed by atoms with E-state index in [0.717, 1.165) is 0 Å². The largest absolute Gasteiger partial charge is 0.347 e. The molecule has 0 radical (unpaired) electrons. The van der Waals surface area contributed by atoms with E-state index in [9.17, 15) is 13.2 Å². The molecule has 0 heterocycles. The molecule has 0 N–H and O–H groups in total. The predicted molar refractivity (Wildman–Crippen MR) is 65.2 cm³/mol. The second kappa shape index (κ2) is 3.13. The van der Waals surface area contributed by atoms with Gasteiger partial charge < -0.3 is 0 Å². The van der Waals surface area contributed by atoms with Crippen LogP contribution in [-0.4, -0.2) is 23.0 Å². The zero-order valence-electron chi connectivity index (χ0n) is 9.01. The van der Waals surface area contributed by atoms with Gasteiger partial charge in [-0.1, -0.05) is 0 Å². The molecule has 17 heavy (non-hydrogen) atoms. The van der Waals surface area contributed by atoms with E-state index < -0.39 is 28.0 Å². The predicted octanol–water partition coefficient (Wildman–Crippen LogP) is 4.89. The lowest BCUT2D eigenvalue weighted by molar-refractivity contribution is -0.175. The number of alkyl halides is 3. The minimum Gasteiger partial charge on any atom is -0.244 e. The van der Waals surface area contributed by atoms with Crippen LogP contribution in [0.3, 0.4) is 0 Å². The Labute approximate surface area is 113 Å². The van der Waals surface area contributed by atoms with Crippen LogP contribution in [0.1, 0.15) is 38.5 Å². The average molecular weight is 324 g/mol. The van der Waals surface area contributed by atoms with Gasteiger partial charge in [-0.3, -0.25) is 0 Å². The molecule has 4 saturated carbocycles. The van der Waals surface area contributed by atoms with E-state index in [1.807, 2.05) is 0 Å². The second-order valence-corrected chi connectivity index (χ2v) is 15.2. The summed E-state index contributed by atoms with van der Waals surface area (Å²) in [5.41, 5.74) is -5.47. The highest BCUT2D eigenvalue weighted by molar-refractivity contribution is 7.65. The molecular weight excluding hydrogens is 312 g/mol. The van der Waals surface area contributed by atoms with E-state index >= 15 is 0 Å². The van der Waals surface area contributed by atoms with Crippen molar-refractivity contribution in [1.29, 1.82) is 0 Å². The molecule has 0 aromatic rings. The Morgan fingerprint density at radius 2 is 0.941 bits per heavy atom. The molecule has 0 spiro atoms. The summed E-state index contributed by atoms with van der Waals surface area (Å²) in [6, 6.07) is -3.35. The Bertz CT molecular complexity index is 330. The number of hydrogen-bond donors (Lipinski definition) is 0. The number of hydrogen-bond acceptors (Lipinski definition) is 0. The minimum absolute atomic E-state index is 0.0140. The molecule has 0 aliphatic heterocycles. The maximum atomic E-state index is 14.5. The van der Waals surface area contributed by atoms with Gasteiger partial charge in [-0.05, 0) is 19.3 Å². The Morgan fingerprint density at radius 3 is 1.18 bits per heavy atom. The van der Waals surface area contributed by atoms with Crippen LogP contribution in [0, 0.1) is 0 Å². The fraction of sp³-hybridized carbons (Fsp3) is 1.00. The molecule has 0 atom stereocenters. The maximum Gasteiger partial charge on any atom is 0.347 e. The highest BCUT2D eigenvalue weighted by Crippen LogP contribution is 2.75. The van der Waals surface area contributed by atoms with E-state index in [0.29, 0.717) is 0 Å². The van der Waals surface area contributed by atoms with Crippen molar-refractivity contribution < 1.29 is 13.2 Å². The summed E-state index contributed by atoms with van der Waals surface area (Å²) in [7, 11) is 0. The first kappa shape index (κ1) is 12.9. The monoisotopic (exact) mass is 322 g/mol. The Balaban J connectivity index is 2.10. The molecule has 4 aliphatic rings. The molecule has 0 aromatic carbocycles. The third-order valence-corrected chi connectivity index (χ3v) is 9.81. The molecule has 0 saturated heterocycles. The normalized spacial score (nSPS) is 57.5. The molecule has 0 aromatic heterocycles. The van der Waals surface area contributed by atoms with Crippen LogP contribution in [0.25, 0.3) is 0 Å². The van der Waals surface area contributed by atoms with E-state index in [-0.39, 0.29) is 38.5 Å². The molecule has 4 fully saturated rings. The standard InChI is InChI=1S/C10H12Cl3F3Si/c11-17(12,13)10-4-7(14)1-8(15,5-10)3-9(16,2-7)6-10/h1-6H2. The molecular formula is C10H12Cl3F3Si. The third kappa shape index (κ3) is 1.77. The van der Waals surface area contributed by atoms with Crippen LogP contribution < -0.4 is 0 Å². The lowest BCUT2D eigenvalue weighted by Crippen LogP contribution is -2.66. The Hall–Kier alpha value is 0.877. The quantitative estimate of drug-likeness (QED) is 0.476. The van der Waals surface area contributed by atoms with Crippen molar-refractivity contribution in [2.75, 3.05) is 0 Å². The Kier molecular flexibility index (Phi) is 2.37. The lowest BCUT2D eigenvalue weighted by Gasteiger charge is -2.64. The van der Waals surface area contributed by atoms with Gasteiger partial charge in [0, 0.05) is 24.3 Å². The molecule has 4 bridgehead atoms. The Morgan fingerprint density at radius 1 is 0.647 bits per heavy atom. The first-order chi connectivity index (χ1) is 7.49.